The highest BCUT2D eigenvalue weighted by Gasteiger charge is 2.28. The van der Waals surface area contributed by atoms with Gasteiger partial charge in [-0.1, -0.05) is 13.0 Å². The second-order valence-electron chi connectivity index (χ2n) is 5.81. The van der Waals surface area contributed by atoms with Crippen LogP contribution in [0.4, 0.5) is 5.69 Å². The van der Waals surface area contributed by atoms with E-state index in [1.54, 1.807) is 0 Å². The third-order valence-electron chi connectivity index (χ3n) is 4.07. The van der Waals surface area contributed by atoms with Crippen LogP contribution < -0.4 is 5.32 Å². The molecule has 0 aliphatic carbocycles. The second-order valence-corrected chi connectivity index (χ2v) is 5.81. The van der Waals surface area contributed by atoms with Gasteiger partial charge in [0.05, 0.1) is 18.2 Å². The van der Waals surface area contributed by atoms with Gasteiger partial charge in [-0.3, -0.25) is 4.79 Å². The lowest BCUT2D eigenvalue weighted by atomic mass is 10.0. The number of benzene rings is 1. The van der Waals surface area contributed by atoms with Crippen LogP contribution in [0.1, 0.15) is 48.5 Å². The molecule has 4 heteroatoms. The molecule has 116 valence electrons. The van der Waals surface area contributed by atoms with Crippen LogP contribution in [0.2, 0.25) is 0 Å². The van der Waals surface area contributed by atoms with E-state index in [1.807, 2.05) is 30.0 Å². The number of aliphatic hydroxyl groups is 1. The standard InChI is InChI=1S/C17H26N2O2/c1-3-9-18-16-11-13(2)7-8-15(16)17(21)19-10-5-4-6-14(19)12-20/h7-8,11,14,18,20H,3-6,9-10,12H2,1-2H3. The SMILES string of the molecule is CCCNc1cc(C)ccc1C(=O)N1CCCCC1CO. The van der Waals surface area contributed by atoms with Crippen molar-refractivity contribution in [2.75, 3.05) is 25.0 Å². The van der Waals surface area contributed by atoms with Crippen LogP contribution >= 0.6 is 0 Å². The normalized spacial score (nSPS) is 18.6. The summed E-state index contributed by atoms with van der Waals surface area (Å²) in [6, 6.07) is 5.87. The molecule has 0 radical (unpaired) electrons. The zero-order chi connectivity index (χ0) is 15.2. The van der Waals surface area contributed by atoms with Crippen molar-refractivity contribution in [1.29, 1.82) is 0 Å². The first-order chi connectivity index (χ1) is 10.2. The maximum Gasteiger partial charge on any atom is 0.256 e. The Morgan fingerprint density at radius 1 is 1.43 bits per heavy atom. The number of anilines is 1. The van der Waals surface area contributed by atoms with E-state index >= 15 is 0 Å². The van der Waals surface area contributed by atoms with E-state index < -0.39 is 0 Å². The molecule has 2 rings (SSSR count). The Labute approximate surface area is 127 Å². The highest BCUT2D eigenvalue weighted by molar-refractivity contribution is 6.00. The number of carbonyl (C=O) groups is 1. The fourth-order valence-corrected chi connectivity index (χ4v) is 2.86. The number of piperidine rings is 1. The lowest BCUT2D eigenvalue weighted by molar-refractivity contribution is 0.0504. The summed E-state index contributed by atoms with van der Waals surface area (Å²) in [5, 5.41) is 12.8. The molecular weight excluding hydrogens is 264 g/mol. The predicted octanol–water partition coefficient (Wildman–Crippen LogP) is 2.80. The smallest absolute Gasteiger partial charge is 0.256 e. The van der Waals surface area contributed by atoms with Crippen LogP contribution in [0.3, 0.4) is 0 Å². The van der Waals surface area contributed by atoms with Crippen molar-refractivity contribution in [3.8, 4) is 0 Å². The minimum absolute atomic E-state index is 0.0346. The quantitative estimate of drug-likeness (QED) is 0.876. The highest BCUT2D eigenvalue weighted by Crippen LogP contribution is 2.24. The van der Waals surface area contributed by atoms with Crippen LogP contribution in [-0.2, 0) is 0 Å². The summed E-state index contributed by atoms with van der Waals surface area (Å²) in [6.45, 7) is 5.78. The third kappa shape index (κ3) is 3.76. The van der Waals surface area contributed by atoms with Gasteiger partial charge in [-0.15, -0.1) is 0 Å². The first-order valence-electron chi connectivity index (χ1n) is 7.93. The molecule has 1 aromatic carbocycles. The van der Waals surface area contributed by atoms with Crippen molar-refractivity contribution in [3.63, 3.8) is 0 Å². The lowest BCUT2D eigenvalue weighted by Gasteiger charge is -2.35. The molecule has 1 atom stereocenters. The molecule has 21 heavy (non-hydrogen) atoms. The summed E-state index contributed by atoms with van der Waals surface area (Å²) in [5.74, 6) is 0.0346. The molecule has 1 fully saturated rings. The monoisotopic (exact) mass is 290 g/mol. The van der Waals surface area contributed by atoms with Gasteiger partial charge < -0.3 is 15.3 Å². The summed E-state index contributed by atoms with van der Waals surface area (Å²) < 4.78 is 0. The molecule has 4 nitrogen and oxygen atoms in total. The first kappa shape index (κ1) is 15.8. The van der Waals surface area contributed by atoms with Crippen LogP contribution in [0, 0.1) is 6.92 Å². The van der Waals surface area contributed by atoms with E-state index in [1.165, 1.54) is 0 Å². The van der Waals surface area contributed by atoms with Crippen molar-refractivity contribution in [2.45, 2.75) is 45.6 Å². The Hall–Kier alpha value is -1.55. The van der Waals surface area contributed by atoms with Crippen molar-refractivity contribution < 1.29 is 9.90 Å². The number of carbonyl (C=O) groups excluding carboxylic acids is 1. The minimum Gasteiger partial charge on any atom is -0.394 e. The molecule has 1 aliphatic heterocycles. The molecule has 1 unspecified atom stereocenters. The van der Waals surface area contributed by atoms with E-state index in [2.05, 4.69) is 12.2 Å². The summed E-state index contributed by atoms with van der Waals surface area (Å²) in [7, 11) is 0. The average molecular weight is 290 g/mol. The van der Waals surface area contributed by atoms with Crippen molar-refractivity contribution in [3.05, 3.63) is 29.3 Å². The molecule has 1 heterocycles. The van der Waals surface area contributed by atoms with Gasteiger partial charge in [0.25, 0.3) is 5.91 Å². The lowest BCUT2D eigenvalue weighted by Crippen LogP contribution is -2.45. The molecule has 0 bridgehead atoms. The van der Waals surface area contributed by atoms with Gasteiger partial charge in [0, 0.05) is 18.8 Å². The van der Waals surface area contributed by atoms with Gasteiger partial charge in [0.1, 0.15) is 0 Å². The molecule has 1 aromatic rings. The van der Waals surface area contributed by atoms with Gasteiger partial charge in [-0.05, 0) is 50.3 Å². The molecule has 1 saturated heterocycles. The molecule has 0 spiro atoms. The van der Waals surface area contributed by atoms with E-state index in [-0.39, 0.29) is 18.6 Å². The largest absolute Gasteiger partial charge is 0.394 e. The van der Waals surface area contributed by atoms with E-state index in [9.17, 15) is 9.90 Å². The van der Waals surface area contributed by atoms with Gasteiger partial charge in [0.2, 0.25) is 0 Å². The van der Waals surface area contributed by atoms with E-state index in [4.69, 9.17) is 0 Å². The molecule has 2 N–H and O–H groups in total. The van der Waals surface area contributed by atoms with Crippen LogP contribution in [0.15, 0.2) is 18.2 Å². The van der Waals surface area contributed by atoms with Crippen LogP contribution in [0.5, 0.6) is 0 Å². The van der Waals surface area contributed by atoms with Crippen LogP contribution in [-0.4, -0.2) is 41.7 Å². The highest BCUT2D eigenvalue weighted by atomic mass is 16.3. The van der Waals surface area contributed by atoms with Gasteiger partial charge >= 0.3 is 0 Å². The van der Waals surface area contributed by atoms with Crippen molar-refractivity contribution in [2.24, 2.45) is 0 Å². The topological polar surface area (TPSA) is 52.6 Å². The number of likely N-dealkylation sites (tertiary alicyclic amines) is 1. The van der Waals surface area contributed by atoms with Crippen molar-refractivity contribution in [1.82, 2.24) is 4.90 Å². The maximum absolute atomic E-state index is 12.8. The third-order valence-corrected chi connectivity index (χ3v) is 4.07. The molecule has 1 aliphatic rings. The number of aliphatic hydroxyl groups excluding tert-OH is 1. The van der Waals surface area contributed by atoms with E-state index in [0.29, 0.717) is 0 Å². The van der Waals surface area contributed by atoms with E-state index in [0.717, 1.165) is 55.6 Å². The number of nitrogens with zero attached hydrogens (tertiary/aromatic N) is 1. The Morgan fingerprint density at radius 3 is 2.95 bits per heavy atom. The summed E-state index contributed by atoms with van der Waals surface area (Å²) in [6.07, 6.45) is 4.02. The second kappa shape index (κ2) is 7.46. The number of aryl methyl sites for hydroxylation is 1. The fourth-order valence-electron chi connectivity index (χ4n) is 2.86. The molecule has 1 amide bonds. The Morgan fingerprint density at radius 2 is 2.24 bits per heavy atom. The maximum atomic E-state index is 12.8. The van der Waals surface area contributed by atoms with Crippen LogP contribution in [0.25, 0.3) is 0 Å². The van der Waals surface area contributed by atoms with Gasteiger partial charge in [0.15, 0.2) is 0 Å². The summed E-state index contributed by atoms with van der Waals surface area (Å²) in [5.41, 5.74) is 2.76. The zero-order valence-electron chi connectivity index (χ0n) is 13.1. The number of amides is 1. The van der Waals surface area contributed by atoms with Gasteiger partial charge in [-0.2, -0.15) is 0 Å². The molecule has 0 saturated carbocycles. The number of hydrogen-bond acceptors (Lipinski definition) is 3. The molecule has 0 aromatic heterocycles. The minimum atomic E-state index is -0.0356. The average Bonchev–Trinajstić information content (AvgIpc) is 2.52. The molecular formula is C17H26N2O2. The Balaban J connectivity index is 2.24. The van der Waals surface area contributed by atoms with Crippen molar-refractivity contribution >= 4 is 11.6 Å². The predicted molar refractivity (Wildman–Crippen MR) is 85.7 cm³/mol. The first-order valence-corrected chi connectivity index (χ1v) is 7.93. The Bertz CT molecular complexity index is 488. The Kier molecular flexibility index (Phi) is 5.62. The summed E-state index contributed by atoms with van der Waals surface area (Å²) in [4.78, 5) is 14.7. The number of nitrogens with one attached hydrogen (secondary N) is 1. The number of rotatable bonds is 5. The fraction of sp³-hybridized carbons (Fsp3) is 0.588. The summed E-state index contributed by atoms with van der Waals surface area (Å²) >= 11 is 0. The number of hydrogen-bond donors (Lipinski definition) is 2. The van der Waals surface area contributed by atoms with Gasteiger partial charge in [-0.25, -0.2) is 0 Å². The zero-order valence-corrected chi connectivity index (χ0v) is 13.1.